The lowest BCUT2D eigenvalue weighted by Crippen LogP contribution is -2.10. The van der Waals surface area contributed by atoms with E-state index >= 15 is 0 Å². The molecule has 354 valence electrons. The fraction of sp³-hybridized carbons (Fsp3) is 0.0149. The normalized spacial score (nSPS) is 11.8. The molecule has 0 amide bonds. The maximum absolute atomic E-state index is 14.2. The first kappa shape index (κ1) is 44.7. The van der Waals surface area contributed by atoms with Crippen LogP contribution in [0.3, 0.4) is 0 Å². The number of aromatic nitrogens is 5. The van der Waals surface area contributed by atoms with E-state index < -0.39 is 11.1 Å². The number of carbonyl (C=O) groups excluding carboxylic acids is 1. The quantitative estimate of drug-likeness (QED) is 0.156. The monoisotopic (exact) mass is 965 g/mol. The number of H-pyrrole nitrogens is 2. The van der Waals surface area contributed by atoms with E-state index in [1.54, 1.807) is 30.7 Å². The van der Waals surface area contributed by atoms with Crippen molar-refractivity contribution in [3.63, 3.8) is 0 Å². The first-order valence-corrected chi connectivity index (χ1v) is 24.8. The van der Waals surface area contributed by atoms with Crippen molar-refractivity contribution in [2.24, 2.45) is 0 Å². The first-order chi connectivity index (χ1) is 36.8. The lowest BCUT2D eigenvalue weighted by Gasteiger charge is -2.13. The zero-order valence-corrected chi connectivity index (χ0v) is 40.3. The second-order valence-corrected chi connectivity index (χ2v) is 18.9. The molecule has 75 heavy (non-hydrogen) atoms. The van der Waals surface area contributed by atoms with Gasteiger partial charge in [-0.1, -0.05) is 152 Å². The first-order valence-electron chi connectivity index (χ1n) is 24.8. The van der Waals surface area contributed by atoms with Gasteiger partial charge in [-0.15, -0.1) is 0 Å². The van der Waals surface area contributed by atoms with Crippen LogP contribution in [0, 0.1) is 0 Å². The molecule has 18 aromatic rings. The molecule has 32 rings (SSSR count). The Morgan fingerprint density at radius 2 is 0.760 bits per heavy atom. The minimum Gasteiger partial charge on any atom is -0.321 e. The van der Waals surface area contributed by atoms with Crippen LogP contribution in [0.15, 0.2) is 247 Å². The molecular formula is C67H43N5O3. The molecule has 0 radical (unpaired) electrons. The van der Waals surface area contributed by atoms with Gasteiger partial charge >= 0.3 is 0 Å². The van der Waals surface area contributed by atoms with Gasteiger partial charge in [-0.25, -0.2) is 0 Å². The Morgan fingerprint density at radius 1 is 0.320 bits per heavy atom. The van der Waals surface area contributed by atoms with Crippen LogP contribution in [0.1, 0.15) is 15.9 Å². The van der Waals surface area contributed by atoms with Crippen molar-refractivity contribution >= 4 is 92.5 Å². The third-order valence-electron chi connectivity index (χ3n) is 14.1. The van der Waals surface area contributed by atoms with Crippen LogP contribution in [0.2, 0.25) is 0 Å². The summed E-state index contributed by atoms with van der Waals surface area (Å²) in [5.74, 6) is -0.283. The zero-order valence-electron chi connectivity index (χ0n) is 40.3. The van der Waals surface area contributed by atoms with Crippen molar-refractivity contribution in [2.75, 3.05) is 0 Å². The number of nitrogens with one attached hydrogen (secondary N) is 2. The van der Waals surface area contributed by atoms with Crippen molar-refractivity contribution < 1.29 is 4.79 Å². The van der Waals surface area contributed by atoms with Gasteiger partial charge < -0.3 is 9.97 Å². The van der Waals surface area contributed by atoms with E-state index in [1.807, 2.05) is 24.3 Å². The number of pyridine rings is 3. The fourth-order valence-corrected chi connectivity index (χ4v) is 10.2. The smallest absolute Gasteiger partial charge is 0.255 e. The molecule has 0 aliphatic carbocycles. The van der Waals surface area contributed by atoms with E-state index in [4.69, 9.17) is 15.0 Å². The molecule has 10 aromatic heterocycles. The molecule has 18 bridgehead atoms. The van der Waals surface area contributed by atoms with Crippen LogP contribution < -0.4 is 11.1 Å². The van der Waals surface area contributed by atoms with Crippen molar-refractivity contribution in [2.45, 2.75) is 6.42 Å². The third kappa shape index (κ3) is 8.76. The summed E-state index contributed by atoms with van der Waals surface area (Å²) in [6, 6.07) is 73.5. The van der Waals surface area contributed by atoms with Crippen LogP contribution in [-0.4, -0.2) is 30.7 Å². The highest BCUT2D eigenvalue weighted by Gasteiger charge is 2.14. The van der Waals surface area contributed by atoms with E-state index in [0.717, 1.165) is 98.4 Å². The Bertz CT molecular complexity index is 4450. The van der Waals surface area contributed by atoms with Gasteiger partial charge in [-0.3, -0.25) is 29.3 Å². The SMILES string of the molecule is O=C1Cc2ccc(nc2)-c2ccc(cc2)-c2ccccc2-c2cc3cc(c2)c2ccccc2c2ccc(cc2)c2ccc(cn2)[nH]c(=O)c2cc1cc(c2)c(=O)[nH]c1ccc(nc1)c1ccc(cc1)c1ccccc31. The summed E-state index contributed by atoms with van der Waals surface area (Å²) < 4.78 is 0. The van der Waals surface area contributed by atoms with E-state index in [0.29, 0.717) is 16.6 Å². The molecule has 0 atom stereocenters. The molecule has 0 spiro atoms. The second kappa shape index (κ2) is 18.8. The number of nitrogens with zero attached hydrogens (tertiary/aromatic N) is 3. The Balaban J connectivity index is 1.17. The molecule has 0 saturated heterocycles. The van der Waals surface area contributed by atoms with Gasteiger partial charge in [-0.05, 0) is 138 Å². The van der Waals surface area contributed by atoms with Gasteiger partial charge in [0.25, 0.3) is 11.1 Å². The number of hydrogen-bond donors (Lipinski definition) is 2. The van der Waals surface area contributed by atoms with Gasteiger partial charge in [-0.2, -0.15) is 0 Å². The predicted octanol–water partition coefficient (Wildman–Crippen LogP) is 15.1. The summed E-state index contributed by atoms with van der Waals surface area (Å²) in [5, 5.41) is 10.7. The summed E-state index contributed by atoms with van der Waals surface area (Å²) >= 11 is 0. The number of aromatic amines is 2. The summed E-state index contributed by atoms with van der Waals surface area (Å²) in [6.45, 7) is 0. The average molecular weight is 966 g/mol. The molecule has 0 fully saturated rings. The lowest BCUT2D eigenvalue weighted by atomic mass is 9.91. The molecule has 8 heteroatoms. The highest BCUT2D eigenvalue weighted by atomic mass is 16.1. The number of ketones is 1. The summed E-state index contributed by atoms with van der Waals surface area (Å²) in [6.07, 6.45) is 4.91. The number of carbonyl (C=O) groups is 1. The topological polar surface area (TPSA) is 121 Å². The van der Waals surface area contributed by atoms with E-state index in [2.05, 4.69) is 174 Å². The molecular weight excluding hydrogens is 923 g/mol. The molecule has 2 N–H and O–H groups in total. The molecule has 0 saturated carbocycles. The number of Topliss-reactive ketones (excluding diaryl/α,β-unsaturated/α-hetero) is 1. The minimum atomic E-state index is -0.505. The van der Waals surface area contributed by atoms with Crippen molar-refractivity contribution in [1.29, 1.82) is 0 Å². The molecule has 14 aliphatic heterocycles. The van der Waals surface area contributed by atoms with Crippen LogP contribution in [0.25, 0.3) is 120 Å². The molecule has 24 heterocycles. The number of hydrogen-bond acceptors (Lipinski definition) is 6. The zero-order chi connectivity index (χ0) is 50.4. The largest absolute Gasteiger partial charge is 0.321 e. The second-order valence-electron chi connectivity index (χ2n) is 18.9. The van der Waals surface area contributed by atoms with Crippen molar-refractivity contribution in [3.05, 3.63) is 269 Å². The maximum Gasteiger partial charge on any atom is 0.255 e. The van der Waals surface area contributed by atoms with Crippen molar-refractivity contribution in [1.82, 2.24) is 24.9 Å². The number of benzene rings is 8. The van der Waals surface area contributed by atoms with Crippen LogP contribution in [-0.2, 0) is 6.42 Å². The Labute approximate surface area is 429 Å². The van der Waals surface area contributed by atoms with Gasteiger partial charge in [0.15, 0.2) is 5.78 Å². The Morgan fingerprint density at radius 3 is 1.24 bits per heavy atom. The highest BCUT2D eigenvalue weighted by molar-refractivity contribution is 6.12. The minimum absolute atomic E-state index is 0.00601. The fourth-order valence-electron chi connectivity index (χ4n) is 10.2. The average Bonchev–Trinajstić information content (AvgIpc) is 3.47. The van der Waals surface area contributed by atoms with Crippen LogP contribution in [0.4, 0.5) is 0 Å². The number of rotatable bonds is 0. The summed E-state index contributed by atoms with van der Waals surface area (Å²) in [7, 11) is 0. The van der Waals surface area contributed by atoms with Gasteiger partial charge in [0, 0.05) is 45.3 Å². The Kier molecular flexibility index (Phi) is 11.2. The van der Waals surface area contributed by atoms with Crippen molar-refractivity contribution in [3.8, 4) is 33.5 Å². The van der Waals surface area contributed by atoms with Crippen LogP contribution in [0.5, 0.6) is 0 Å². The maximum atomic E-state index is 14.2. The van der Waals surface area contributed by atoms with Gasteiger partial charge in [0.2, 0.25) is 0 Å². The van der Waals surface area contributed by atoms with Crippen LogP contribution >= 0.6 is 0 Å². The van der Waals surface area contributed by atoms with E-state index in [1.165, 1.54) is 18.2 Å². The summed E-state index contributed by atoms with van der Waals surface area (Å²) in [5.41, 5.74) is 8.22. The van der Waals surface area contributed by atoms with E-state index in [9.17, 15) is 14.4 Å². The third-order valence-corrected chi connectivity index (χ3v) is 14.1. The molecule has 0 unspecified atom stereocenters. The van der Waals surface area contributed by atoms with Gasteiger partial charge in [0.05, 0.1) is 40.2 Å². The Hall–Kier alpha value is -10.2. The highest BCUT2D eigenvalue weighted by Crippen LogP contribution is 2.37. The molecule has 8 nitrogen and oxygen atoms in total. The molecule has 8 aromatic carbocycles. The molecule has 14 aliphatic rings. The van der Waals surface area contributed by atoms with Gasteiger partial charge in [0.1, 0.15) is 0 Å². The predicted molar refractivity (Wildman–Crippen MR) is 307 cm³/mol. The van der Waals surface area contributed by atoms with E-state index in [-0.39, 0.29) is 28.5 Å². The summed E-state index contributed by atoms with van der Waals surface area (Å²) in [4.78, 5) is 62.5. The standard InChI is InChI=1S/C67H43N5O3/c73-65-31-41-13-28-62(68-38-41)45-20-14-42(15-21-45)56-7-1-4-10-59(56)48-32-49-34-50(33-48)61-12-6-3-9-58(61)44-18-24-47(25-19-44)64-30-27-55(40-70-64)72-67(75)53-36-51(65)35-52(37-53)66(74)71-54-26-29-63(69-39-54)46-22-16-43(17-23-46)57-8-2-5-11-60(49)57/h1-30,32-40H,31H2,(H,71,74)(H,72,75). The lowest BCUT2D eigenvalue weighted by molar-refractivity contribution is 0.0993.